The maximum Gasteiger partial charge on any atom is 0.249 e. The monoisotopic (exact) mass is 423 g/mol. The summed E-state index contributed by atoms with van der Waals surface area (Å²) in [4.78, 5) is 21.2. The van der Waals surface area contributed by atoms with E-state index in [0.29, 0.717) is 38.2 Å². The average Bonchev–Trinajstić information content (AvgIpc) is 3.18. The molecule has 0 saturated heterocycles. The number of hydrogen-bond donors (Lipinski definition) is 0. The summed E-state index contributed by atoms with van der Waals surface area (Å²) in [5, 5.41) is 14.3. The van der Waals surface area contributed by atoms with Crippen LogP contribution in [0.2, 0.25) is 0 Å². The molecule has 0 spiro atoms. The van der Waals surface area contributed by atoms with Crippen LogP contribution >= 0.6 is 0 Å². The summed E-state index contributed by atoms with van der Waals surface area (Å²) in [7, 11) is 0. The molecule has 7 nitrogen and oxygen atoms in total. The highest BCUT2D eigenvalue weighted by molar-refractivity contribution is 5.88. The van der Waals surface area contributed by atoms with Gasteiger partial charge in [0, 0.05) is 23.6 Å². The second kappa shape index (κ2) is 6.80. The lowest BCUT2D eigenvalue weighted by Gasteiger charge is -2.69. The van der Waals surface area contributed by atoms with Gasteiger partial charge in [-0.05, 0) is 43.9 Å². The summed E-state index contributed by atoms with van der Waals surface area (Å²) in [5.74, 6) is -0.835. The normalized spacial score (nSPS) is 27.9. The van der Waals surface area contributed by atoms with Crippen LogP contribution in [0.5, 0.6) is 5.88 Å². The number of rotatable bonds is 5. The van der Waals surface area contributed by atoms with Crippen molar-refractivity contribution >= 4 is 12.1 Å². The summed E-state index contributed by atoms with van der Waals surface area (Å²) < 4.78 is 34.2. The third-order valence-corrected chi connectivity index (χ3v) is 6.54. The van der Waals surface area contributed by atoms with Crippen molar-refractivity contribution < 1.29 is 18.3 Å². The molecule has 0 radical (unpaired) electrons. The second-order valence-electron chi connectivity index (χ2n) is 8.77. The maximum absolute atomic E-state index is 14.5. The van der Waals surface area contributed by atoms with Crippen molar-refractivity contribution in [3.63, 3.8) is 0 Å². The van der Waals surface area contributed by atoms with Crippen LogP contribution in [-0.4, -0.2) is 33.7 Å². The quantitative estimate of drug-likeness (QED) is 0.735. The fourth-order valence-electron chi connectivity index (χ4n) is 5.08. The summed E-state index contributed by atoms with van der Waals surface area (Å²) in [6.07, 6.45) is 6.66. The SMILES string of the molecule is Cc1cc(F)c([C@H]2CC=NN2C(=O)C23CC(COc4cnc(C#N)cn4)(C2)C3)cc1F. The molecule has 158 valence electrons. The largest absolute Gasteiger partial charge is 0.476 e. The van der Waals surface area contributed by atoms with E-state index in [4.69, 9.17) is 10.00 Å². The number of hydrazone groups is 1. The minimum absolute atomic E-state index is 0.0919. The van der Waals surface area contributed by atoms with Crippen LogP contribution in [-0.2, 0) is 4.79 Å². The van der Waals surface area contributed by atoms with Gasteiger partial charge in [0.15, 0.2) is 5.69 Å². The van der Waals surface area contributed by atoms with Gasteiger partial charge in [-0.1, -0.05) is 0 Å². The molecular formula is C22H19F2N5O2. The van der Waals surface area contributed by atoms with Gasteiger partial charge in [-0.25, -0.2) is 23.8 Å². The molecule has 1 atom stereocenters. The number of benzene rings is 1. The van der Waals surface area contributed by atoms with Crippen LogP contribution in [0.3, 0.4) is 0 Å². The molecule has 1 aromatic heterocycles. The zero-order valence-corrected chi connectivity index (χ0v) is 16.8. The van der Waals surface area contributed by atoms with Gasteiger partial charge in [0.2, 0.25) is 11.8 Å². The van der Waals surface area contributed by atoms with Gasteiger partial charge in [0.1, 0.15) is 17.7 Å². The number of aryl methyl sites for hydroxylation is 1. The molecule has 1 amide bonds. The van der Waals surface area contributed by atoms with E-state index in [0.717, 1.165) is 6.07 Å². The van der Waals surface area contributed by atoms with Crippen molar-refractivity contribution in [2.75, 3.05) is 6.61 Å². The molecule has 3 aliphatic carbocycles. The number of nitrogens with zero attached hydrogens (tertiary/aromatic N) is 5. The van der Waals surface area contributed by atoms with Crippen molar-refractivity contribution in [1.29, 1.82) is 5.26 Å². The van der Waals surface area contributed by atoms with Gasteiger partial charge in [0.25, 0.3) is 0 Å². The Morgan fingerprint density at radius 3 is 2.71 bits per heavy atom. The molecule has 2 bridgehead atoms. The van der Waals surface area contributed by atoms with Gasteiger partial charge in [0.05, 0.1) is 30.5 Å². The summed E-state index contributed by atoms with van der Waals surface area (Å²) in [5.41, 5.74) is -0.0116. The van der Waals surface area contributed by atoms with Gasteiger partial charge < -0.3 is 4.74 Å². The number of amides is 1. The molecule has 2 heterocycles. The molecule has 1 aliphatic heterocycles. The van der Waals surface area contributed by atoms with E-state index in [9.17, 15) is 13.6 Å². The first kappa shape index (κ1) is 19.5. The van der Waals surface area contributed by atoms with Crippen LogP contribution < -0.4 is 4.74 Å². The van der Waals surface area contributed by atoms with Crippen molar-refractivity contribution in [2.45, 2.75) is 38.6 Å². The number of halogens is 2. The zero-order chi connectivity index (χ0) is 21.8. The Hall–Kier alpha value is -3.41. The number of nitriles is 1. The van der Waals surface area contributed by atoms with Crippen LogP contribution in [0.15, 0.2) is 29.6 Å². The van der Waals surface area contributed by atoms with Gasteiger partial charge in [-0.2, -0.15) is 10.4 Å². The molecule has 2 aromatic rings. The fraction of sp³-hybridized carbons (Fsp3) is 0.409. The molecule has 9 heteroatoms. The van der Waals surface area contributed by atoms with Crippen LogP contribution in [0.25, 0.3) is 0 Å². The molecular weight excluding hydrogens is 404 g/mol. The summed E-state index contributed by atoms with van der Waals surface area (Å²) >= 11 is 0. The molecule has 0 N–H and O–H groups in total. The minimum Gasteiger partial charge on any atom is -0.476 e. The highest BCUT2D eigenvalue weighted by atomic mass is 19.1. The smallest absolute Gasteiger partial charge is 0.249 e. The van der Waals surface area contributed by atoms with E-state index < -0.39 is 23.1 Å². The topological polar surface area (TPSA) is 91.5 Å². The lowest BCUT2D eigenvalue weighted by molar-refractivity contribution is -0.227. The third-order valence-electron chi connectivity index (χ3n) is 6.54. The van der Waals surface area contributed by atoms with Crippen molar-refractivity contribution in [1.82, 2.24) is 15.0 Å². The summed E-state index contributed by atoms with van der Waals surface area (Å²) in [6, 6.07) is 3.60. The number of ether oxygens (including phenoxy) is 1. The fourth-order valence-corrected chi connectivity index (χ4v) is 5.08. The van der Waals surface area contributed by atoms with Crippen molar-refractivity contribution in [3.05, 3.63) is 53.0 Å². The van der Waals surface area contributed by atoms with E-state index in [2.05, 4.69) is 15.1 Å². The van der Waals surface area contributed by atoms with Crippen LogP contribution in [0.1, 0.15) is 48.5 Å². The van der Waals surface area contributed by atoms with E-state index in [1.54, 1.807) is 6.21 Å². The van der Waals surface area contributed by atoms with E-state index in [1.165, 1.54) is 30.4 Å². The highest BCUT2D eigenvalue weighted by Gasteiger charge is 2.73. The number of carbonyl (C=O) groups excluding carboxylic acids is 1. The average molecular weight is 423 g/mol. The van der Waals surface area contributed by atoms with E-state index in [1.807, 2.05) is 6.07 Å². The number of aromatic nitrogens is 2. The Kier molecular flexibility index (Phi) is 4.29. The zero-order valence-electron chi connectivity index (χ0n) is 16.8. The molecule has 31 heavy (non-hydrogen) atoms. The first-order valence-electron chi connectivity index (χ1n) is 10.0. The Balaban J connectivity index is 1.23. The predicted molar refractivity (Wildman–Crippen MR) is 105 cm³/mol. The lowest BCUT2D eigenvalue weighted by Crippen LogP contribution is -2.69. The van der Waals surface area contributed by atoms with Crippen molar-refractivity contribution in [2.24, 2.45) is 15.9 Å². The molecule has 6 rings (SSSR count). The van der Waals surface area contributed by atoms with Crippen LogP contribution in [0.4, 0.5) is 8.78 Å². The number of hydrogen-bond acceptors (Lipinski definition) is 6. The summed E-state index contributed by atoms with van der Waals surface area (Å²) in [6.45, 7) is 1.91. The number of carbonyl (C=O) groups is 1. The predicted octanol–water partition coefficient (Wildman–Crippen LogP) is 3.44. The van der Waals surface area contributed by atoms with Gasteiger partial charge in [-0.15, -0.1) is 0 Å². The minimum atomic E-state index is -0.627. The third kappa shape index (κ3) is 3.05. The Labute approximate surface area is 177 Å². The van der Waals surface area contributed by atoms with E-state index >= 15 is 0 Å². The molecule has 4 aliphatic rings. The Morgan fingerprint density at radius 1 is 1.26 bits per heavy atom. The van der Waals surface area contributed by atoms with E-state index in [-0.39, 0.29) is 28.1 Å². The first-order valence-corrected chi connectivity index (χ1v) is 10.0. The maximum atomic E-state index is 14.5. The Morgan fingerprint density at radius 2 is 2.03 bits per heavy atom. The van der Waals surface area contributed by atoms with Crippen molar-refractivity contribution in [3.8, 4) is 11.9 Å². The van der Waals surface area contributed by atoms with Gasteiger partial charge >= 0.3 is 0 Å². The highest BCUT2D eigenvalue weighted by Crippen LogP contribution is 2.74. The first-order chi connectivity index (χ1) is 14.8. The van der Waals surface area contributed by atoms with Gasteiger partial charge in [-0.3, -0.25) is 4.79 Å². The van der Waals surface area contributed by atoms with Crippen LogP contribution in [0, 0.1) is 40.7 Å². The molecule has 1 aromatic carbocycles. The molecule has 3 saturated carbocycles. The second-order valence-corrected chi connectivity index (χ2v) is 8.77. The molecule has 0 unspecified atom stereocenters. The molecule has 3 fully saturated rings. The Bertz CT molecular complexity index is 1120. The lowest BCUT2D eigenvalue weighted by atomic mass is 9.35. The standard InChI is InChI=1S/C22H19F2N5O2/c1-13-4-17(24)15(5-16(13)23)18-2-3-28-29(18)20(30)22-9-21(10-22,11-22)12-31-19-8-26-14(6-25)7-27-19/h3-5,7-8,18H,2,9-12H2,1H3/t18-,21?,22?/m1/s1.